The third-order valence-corrected chi connectivity index (χ3v) is 5.57. The maximum absolute atomic E-state index is 11.0. The number of hydrogen-bond donors (Lipinski definition) is 1. The molecule has 0 aliphatic carbocycles. The molecule has 1 rings (SSSR count). The van der Waals surface area contributed by atoms with E-state index in [1.807, 2.05) is 0 Å². The summed E-state index contributed by atoms with van der Waals surface area (Å²) in [5.41, 5.74) is 0.497. The fourth-order valence-corrected chi connectivity index (χ4v) is 3.10. The highest BCUT2D eigenvalue weighted by atomic mass is 79.9. The molecule has 5 nitrogen and oxygen atoms in total. The molecule has 0 bridgehead atoms. The number of rotatable bonds is 7. The summed E-state index contributed by atoms with van der Waals surface area (Å²) in [6.45, 7) is 4.96. The van der Waals surface area contributed by atoms with Crippen LogP contribution in [0.15, 0.2) is 16.9 Å². The molecule has 0 saturated carbocycles. The van der Waals surface area contributed by atoms with E-state index in [-0.39, 0.29) is 10.4 Å². The van der Waals surface area contributed by atoms with E-state index < -0.39 is 4.92 Å². The first kappa shape index (κ1) is 16.2. The van der Waals surface area contributed by atoms with Crippen LogP contribution in [0.25, 0.3) is 0 Å². The minimum absolute atomic E-state index is 0.00316. The highest BCUT2D eigenvalue weighted by molar-refractivity contribution is 9.10. The molecule has 1 heterocycles. The Morgan fingerprint density at radius 2 is 2.11 bits per heavy atom. The molecule has 0 atom stereocenters. The van der Waals surface area contributed by atoms with Crippen molar-refractivity contribution in [1.82, 2.24) is 4.98 Å². The second-order valence-electron chi connectivity index (χ2n) is 4.22. The SMILES string of the molecule is CCC(CC)(CNc1c(Br)cncc1[N+](=O)[O-])SC. The van der Waals surface area contributed by atoms with Gasteiger partial charge in [-0.25, -0.2) is 0 Å². The fraction of sp³-hybridized carbons (Fsp3) is 0.583. The van der Waals surface area contributed by atoms with E-state index >= 15 is 0 Å². The van der Waals surface area contributed by atoms with Crippen LogP contribution < -0.4 is 5.32 Å². The van der Waals surface area contributed by atoms with E-state index in [9.17, 15) is 10.1 Å². The molecule has 1 N–H and O–H groups in total. The average molecular weight is 348 g/mol. The molecule has 106 valence electrons. The summed E-state index contributed by atoms with van der Waals surface area (Å²) >= 11 is 5.11. The van der Waals surface area contributed by atoms with Crippen LogP contribution in [0.2, 0.25) is 0 Å². The first-order valence-corrected chi connectivity index (χ1v) is 8.08. The number of halogens is 1. The van der Waals surface area contributed by atoms with Gasteiger partial charge in [0.05, 0.1) is 9.40 Å². The molecule has 0 unspecified atom stereocenters. The van der Waals surface area contributed by atoms with Crippen LogP contribution >= 0.6 is 27.7 Å². The molecule has 7 heteroatoms. The van der Waals surface area contributed by atoms with E-state index in [4.69, 9.17) is 0 Å². The molecule has 0 aliphatic rings. The lowest BCUT2D eigenvalue weighted by Gasteiger charge is -2.30. The second-order valence-corrected chi connectivity index (χ2v) is 6.35. The third kappa shape index (κ3) is 3.82. The maximum Gasteiger partial charge on any atom is 0.311 e. The van der Waals surface area contributed by atoms with Crippen molar-refractivity contribution < 1.29 is 4.92 Å². The maximum atomic E-state index is 11.0. The summed E-state index contributed by atoms with van der Waals surface area (Å²) < 4.78 is 0.709. The van der Waals surface area contributed by atoms with Crippen LogP contribution in [0.1, 0.15) is 26.7 Å². The summed E-state index contributed by atoms with van der Waals surface area (Å²) in [7, 11) is 0. The summed E-state index contributed by atoms with van der Waals surface area (Å²) in [6.07, 6.45) is 6.92. The van der Waals surface area contributed by atoms with Gasteiger partial charge in [-0.15, -0.1) is 0 Å². The Morgan fingerprint density at radius 3 is 2.58 bits per heavy atom. The molecule has 19 heavy (non-hydrogen) atoms. The molecular formula is C12H18BrN3O2S. The minimum atomic E-state index is -0.418. The summed E-state index contributed by atoms with van der Waals surface area (Å²) in [4.78, 5) is 14.4. The monoisotopic (exact) mass is 347 g/mol. The van der Waals surface area contributed by atoms with E-state index in [2.05, 4.69) is 46.3 Å². The van der Waals surface area contributed by atoms with Crippen LogP contribution in [0, 0.1) is 10.1 Å². The lowest BCUT2D eigenvalue weighted by molar-refractivity contribution is -0.384. The van der Waals surface area contributed by atoms with Crippen molar-refractivity contribution in [3.8, 4) is 0 Å². The van der Waals surface area contributed by atoms with Gasteiger partial charge in [0.25, 0.3) is 0 Å². The minimum Gasteiger partial charge on any atom is -0.377 e. The van der Waals surface area contributed by atoms with E-state index in [0.717, 1.165) is 12.8 Å². The number of thioether (sulfide) groups is 1. The summed E-state index contributed by atoms with van der Waals surface area (Å²) in [5, 5.41) is 14.2. The Kier molecular flexibility index (Phi) is 6.06. The Hall–Kier alpha value is -0.820. The second kappa shape index (κ2) is 7.09. The zero-order valence-corrected chi connectivity index (χ0v) is 13.7. The molecule has 0 spiro atoms. The normalized spacial score (nSPS) is 11.4. The fourth-order valence-electron chi connectivity index (χ4n) is 1.85. The molecule has 0 radical (unpaired) electrons. The average Bonchev–Trinajstić information content (AvgIpc) is 2.42. The van der Waals surface area contributed by atoms with Crippen LogP contribution in [-0.2, 0) is 0 Å². The van der Waals surface area contributed by atoms with E-state index in [1.165, 1.54) is 6.20 Å². The van der Waals surface area contributed by atoms with Crippen LogP contribution in [0.4, 0.5) is 11.4 Å². The zero-order chi connectivity index (χ0) is 14.5. The molecule has 1 aromatic heterocycles. The van der Waals surface area contributed by atoms with Gasteiger partial charge in [0.15, 0.2) is 0 Å². The lowest BCUT2D eigenvalue weighted by atomic mass is 10.0. The molecule has 0 aromatic carbocycles. The smallest absolute Gasteiger partial charge is 0.311 e. The zero-order valence-electron chi connectivity index (χ0n) is 11.3. The standard InChI is InChI=1S/C12H18BrN3O2S/c1-4-12(5-2,19-3)8-15-11-9(13)6-14-7-10(11)16(17)18/h6-7H,4-5,8H2,1-3H3,(H,14,15). The predicted octanol–water partition coefficient (Wildman–Crippen LogP) is 4.09. The predicted molar refractivity (Wildman–Crippen MR) is 83.9 cm³/mol. The van der Waals surface area contributed by atoms with Gasteiger partial charge in [0.2, 0.25) is 0 Å². The van der Waals surface area contributed by atoms with Crippen molar-refractivity contribution in [1.29, 1.82) is 0 Å². The van der Waals surface area contributed by atoms with E-state index in [1.54, 1.807) is 18.0 Å². The van der Waals surface area contributed by atoms with Crippen molar-refractivity contribution in [3.05, 3.63) is 27.0 Å². The number of hydrogen-bond acceptors (Lipinski definition) is 5. The number of aromatic nitrogens is 1. The van der Waals surface area contributed by atoms with Gasteiger partial charge in [-0.1, -0.05) is 13.8 Å². The van der Waals surface area contributed by atoms with Gasteiger partial charge >= 0.3 is 5.69 Å². The molecule has 0 amide bonds. The molecule has 0 fully saturated rings. The van der Waals surface area contributed by atoms with E-state index in [0.29, 0.717) is 16.7 Å². The van der Waals surface area contributed by atoms with Gasteiger partial charge < -0.3 is 5.32 Å². The summed E-state index contributed by atoms with van der Waals surface area (Å²) in [5.74, 6) is 0. The Balaban J connectivity index is 2.97. The van der Waals surface area contributed by atoms with Gasteiger partial charge in [0.1, 0.15) is 11.9 Å². The van der Waals surface area contributed by atoms with Crippen molar-refractivity contribution in [2.75, 3.05) is 18.1 Å². The summed E-state index contributed by atoms with van der Waals surface area (Å²) in [6, 6.07) is 0. The molecule has 0 saturated heterocycles. The van der Waals surface area contributed by atoms with Gasteiger partial charge in [-0.05, 0) is 35.0 Å². The Morgan fingerprint density at radius 1 is 1.47 bits per heavy atom. The third-order valence-electron chi connectivity index (χ3n) is 3.39. The quantitative estimate of drug-likeness (QED) is 0.594. The molecule has 1 aromatic rings. The Labute approximate surface area is 125 Å². The first-order chi connectivity index (χ1) is 8.99. The number of anilines is 1. The highest BCUT2D eigenvalue weighted by Gasteiger charge is 2.26. The van der Waals surface area contributed by atoms with Crippen molar-refractivity contribution in [2.45, 2.75) is 31.4 Å². The van der Waals surface area contributed by atoms with Gasteiger partial charge in [0, 0.05) is 17.5 Å². The molecular weight excluding hydrogens is 330 g/mol. The van der Waals surface area contributed by atoms with Crippen molar-refractivity contribution in [3.63, 3.8) is 0 Å². The van der Waals surface area contributed by atoms with Crippen LogP contribution in [0.3, 0.4) is 0 Å². The number of pyridine rings is 1. The highest BCUT2D eigenvalue weighted by Crippen LogP contribution is 2.35. The number of nitrogens with one attached hydrogen (secondary N) is 1. The Bertz CT molecular complexity index is 444. The number of nitrogens with zero attached hydrogens (tertiary/aromatic N) is 2. The molecule has 0 aliphatic heterocycles. The van der Waals surface area contributed by atoms with Gasteiger partial charge in [-0.3, -0.25) is 15.1 Å². The van der Waals surface area contributed by atoms with Crippen molar-refractivity contribution in [2.24, 2.45) is 0 Å². The lowest BCUT2D eigenvalue weighted by Crippen LogP contribution is -2.32. The number of nitro groups is 1. The largest absolute Gasteiger partial charge is 0.377 e. The topological polar surface area (TPSA) is 68.1 Å². The van der Waals surface area contributed by atoms with Crippen LogP contribution in [0.5, 0.6) is 0 Å². The first-order valence-electron chi connectivity index (χ1n) is 6.06. The van der Waals surface area contributed by atoms with Crippen molar-refractivity contribution >= 4 is 39.1 Å². The van der Waals surface area contributed by atoms with Crippen LogP contribution in [-0.4, -0.2) is 27.5 Å². The van der Waals surface area contributed by atoms with Gasteiger partial charge in [-0.2, -0.15) is 11.8 Å².